The van der Waals surface area contributed by atoms with Crippen molar-refractivity contribution in [2.45, 2.75) is 6.42 Å². The number of halogens is 2. The maximum absolute atomic E-state index is 13.1. The summed E-state index contributed by atoms with van der Waals surface area (Å²) in [6.45, 7) is 0.857. The fourth-order valence-electron chi connectivity index (χ4n) is 1.94. The number of nitrogens with zero attached hydrogens (tertiary/aromatic N) is 1. The van der Waals surface area contributed by atoms with Crippen LogP contribution in [0.25, 0.3) is 10.9 Å². The third kappa shape index (κ3) is 1.81. The zero-order valence-electron chi connectivity index (χ0n) is 9.35. The SMILES string of the molecule is CNCCc1c(Cl)n(C)c2cc(F)ccc12. The molecule has 0 saturated heterocycles. The van der Waals surface area contributed by atoms with Gasteiger partial charge in [0.15, 0.2) is 0 Å². The Kier molecular flexibility index (Phi) is 3.17. The molecule has 0 spiro atoms. The van der Waals surface area contributed by atoms with Crippen molar-refractivity contribution in [3.05, 3.63) is 34.7 Å². The van der Waals surface area contributed by atoms with E-state index in [4.69, 9.17) is 11.6 Å². The first-order valence-corrected chi connectivity index (χ1v) is 5.60. The zero-order valence-corrected chi connectivity index (χ0v) is 10.1. The molecule has 2 aromatic rings. The topological polar surface area (TPSA) is 17.0 Å². The number of fused-ring (bicyclic) bond motifs is 1. The summed E-state index contributed by atoms with van der Waals surface area (Å²) in [6.07, 6.45) is 0.846. The van der Waals surface area contributed by atoms with Crippen LogP contribution >= 0.6 is 11.6 Å². The summed E-state index contributed by atoms with van der Waals surface area (Å²) >= 11 is 6.24. The van der Waals surface area contributed by atoms with Gasteiger partial charge in [0, 0.05) is 12.4 Å². The van der Waals surface area contributed by atoms with E-state index in [9.17, 15) is 4.39 Å². The Balaban J connectivity index is 2.59. The molecule has 0 aliphatic heterocycles. The van der Waals surface area contributed by atoms with Crippen LogP contribution in [-0.4, -0.2) is 18.2 Å². The highest BCUT2D eigenvalue weighted by molar-refractivity contribution is 6.32. The van der Waals surface area contributed by atoms with E-state index in [1.54, 1.807) is 6.07 Å². The molecule has 0 radical (unpaired) electrons. The van der Waals surface area contributed by atoms with Gasteiger partial charge in [0.1, 0.15) is 11.0 Å². The average Bonchev–Trinajstić information content (AvgIpc) is 2.50. The van der Waals surface area contributed by atoms with Gasteiger partial charge in [-0.25, -0.2) is 4.39 Å². The molecule has 2 nitrogen and oxygen atoms in total. The number of nitrogens with one attached hydrogen (secondary N) is 1. The van der Waals surface area contributed by atoms with Crippen molar-refractivity contribution >= 4 is 22.5 Å². The number of hydrogen-bond acceptors (Lipinski definition) is 1. The molecule has 1 aromatic carbocycles. The Morgan fingerprint density at radius 1 is 1.44 bits per heavy atom. The van der Waals surface area contributed by atoms with Gasteiger partial charge in [0.2, 0.25) is 0 Å². The second kappa shape index (κ2) is 4.44. The van der Waals surface area contributed by atoms with Crippen molar-refractivity contribution in [2.24, 2.45) is 7.05 Å². The van der Waals surface area contributed by atoms with Gasteiger partial charge >= 0.3 is 0 Å². The third-order valence-electron chi connectivity index (χ3n) is 2.81. The van der Waals surface area contributed by atoms with Gasteiger partial charge in [-0.3, -0.25) is 0 Å². The van der Waals surface area contributed by atoms with Gasteiger partial charge in [-0.2, -0.15) is 0 Å². The van der Waals surface area contributed by atoms with E-state index in [1.807, 2.05) is 18.7 Å². The predicted molar refractivity (Wildman–Crippen MR) is 65.5 cm³/mol. The normalized spacial score (nSPS) is 11.2. The van der Waals surface area contributed by atoms with Crippen LogP contribution in [0.5, 0.6) is 0 Å². The first-order valence-electron chi connectivity index (χ1n) is 5.22. The first-order chi connectivity index (χ1) is 7.65. The second-order valence-corrected chi connectivity index (χ2v) is 4.20. The third-order valence-corrected chi connectivity index (χ3v) is 3.30. The largest absolute Gasteiger partial charge is 0.334 e. The van der Waals surface area contributed by atoms with Crippen molar-refractivity contribution in [3.63, 3.8) is 0 Å². The number of aryl methyl sites for hydroxylation is 1. The van der Waals surface area contributed by atoms with E-state index >= 15 is 0 Å². The maximum atomic E-state index is 13.1. The number of hydrogen-bond donors (Lipinski definition) is 1. The molecule has 86 valence electrons. The van der Waals surface area contributed by atoms with Crippen molar-refractivity contribution in [2.75, 3.05) is 13.6 Å². The summed E-state index contributed by atoms with van der Waals surface area (Å²) in [5, 5.41) is 4.81. The number of rotatable bonds is 3. The molecule has 2 rings (SSSR count). The van der Waals surface area contributed by atoms with E-state index in [0.29, 0.717) is 5.15 Å². The van der Waals surface area contributed by atoms with Gasteiger partial charge in [-0.1, -0.05) is 11.6 Å². The Morgan fingerprint density at radius 2 is 2.19 bits per heavy atom. The lowest BCUT2D eigenvalue weighted by Crippen LogP contribution is -2.10. The van der Waals surface area contributed by atoms with E-state index in [0.717, 1.165) is 29.4 Å². The molecule has 1 heterocycles. The van der Waals surface area contributed by atoms with Crippen molar-refractivity contribution < 1.29 is 4.39 Å². The van der Waals surface area contributed by atoms with Gasteiger partial charge in [-0.15, -0.1) is 0 Å². The monoisotopic (exact) mass is 240 g/mol. The van der Waals surface area contributed by atoms with Crippen LogP contribution in [0.2, 0.25) is 5.15 Å². The molecule has 0 aliphatic rings. The molecule has 0 saturated carbocycles. The first kappa shape index (κ1) is 11.4. The van der Waals surface area contributed by atoms with Crippen LogP contribution in [0.3, 0.4) is 0 Å². The summed E-state index contributed by atoms with van der Waals surface area (Å²) < 4.78 is 15.0. The average molecular weight is 241 g/mol. The fourth-order valence-corrected chi connectivity index (χ4v) is 2.23. The predicted octanol–water partition coefficient (Wildman–Crippen LogP) is 2.73. The number of likely N-dealkylation sites (N-methyl/N-ethyl adjacent to an activating group) is 1. The van der Waals surface area contributed by atoms with Crippen LogP contribution in [-0.2, 0) is 13.5 Å². The van der Waals surface area contributed by atoms with Crippen LogP contribution < -0.4 is 5.32 Å². The summed E-state index contributed by atoms with van der Waals surface area (Å²) in [4.78, 5) is 0. The summed E-state index contributed by atoms with van der Waals surface area (Å²) in [6, 6.07) is 4.78. The number of aromatic nitrogens is 1. The molecule has 4 heteroatoms. The minimum atomic E-state index is -0.232. The molecule has 0 fully saturated rings. The minimum Gasteiger partial charge on any atom is -0.334 e. The van der Waals surface area contributed by atoms with Crippen LogP contribution in [0.1, 0.15) is 5.56 Å². The molecule has 0 aliphatic carbocycles. The summed E-state index contributed by atoms with van der Waals surface area (Å²) in [5.74, 6) is -0.232. The van der Waals surface area contributed by atoms with Crippen molar-refractivity contribution in [1.29, 1.82) is 0 Å². The molecule has 0 bridgehead atoms. The molecule has 1 aromatic heterocycles. The van der Waals surface area contributed by atoms with Crippen LogP contribution in [0.4, 0.5) is 4.39 Å². The molecule has 1 N–H and O–H groups in total. The Hall–Kier alpha value is -1.06. The smallest absolute Gasteiger partial charge is 0.125 e. The molecule has 0 unspecified atom stereocenters. The molecular weight excluding hydrogens is 227 g/mol. The number of benzene rings is 1. The Bertz CT molecular complexity index is 519. The molecular formula is C12H14ClFN2. The minimum absolute atomic E-state index is 0.232. The summed E-state index contributed by atoms with van der Waals surface area (Å²) in [7, 11) is 3.76. The lowest BCUT2D eigenvalue weighted by Gasteiger charge is -1.99. The molecule has 16 heavy (non-hydrogen) atoms. The lowest BCUT2D eigenvalue weighted by molar-refractivity contribution is 0.629. The van der Waals surface area contributed by atoms with Gasteiger partial charge < -0.3 is 9.88 Å². The maximum Gasteiger partial charge on any atom is 0.125 e. The van der Waals surface area contributed by atoms with E-state index in [-0.39, 0.29) is 5.82 Å². The van der Waals surface area contributed by atoms with Gasteiger partial charge in [0.25, 0.3) is 0 Å². The fraction of sp³-hybridized carbons (Fsp3) is 0.333. The van der Waals surface area contributed by atoms with Crippen LogP contribution in [0.15, 0.2) is 18.2 Å². The van der Waals surface area contributed by atoms with Crippen LogP contribution in [0, 0.1) is 5.82 Å². The quantitative estimate of drug-likeness (QED) is 0.873. The summed E-state index contributed by atoms with van der Waals surface area (Å²) in [5.41, 5.74) is 1.92. The van der Waals surface area contributed by atoms with E-state index < -0.39 is 0 Å². The highest BCUT2D eigenvalue weighted by Gasteiger charge is 2.13. The Morgan fingerprint density at radius 3 is 2.88 bits per heavy atom. The highest BCUT2D eigenvalue weighted by atomic mass is 35.5. The van der Waals surface area contributed by atoms with E-state index in [1.165, 1.54) is 12.1 Å². The zero-order chi connectivity index (χ0) is 11.7. The van der Waals surface area contributed by atoms with E-state index in [2.05, 4.69) is 5.32 Å². The molecule has 0 atom stereocenters. The lowest BCUT2D eigenvalue weighted by atomic mass is 10.1. The highest BCUT2D eigenvalue weighted by Crippen LogP contribution is 2.29. The second-order valence-electron chi connectivity index (χ2n) is 3.84. The van der Waals surface area contributed by atoms with Gasteiger partial charge in [-0.05, 0) is 43.8 Å². The molecule has 0 amide bonds. The van der Waals surface area contributed by atoms with Crippen molar-refractivity contribution in [3.8, 4) is 0 Å². The standard InChI is InChI=1S/C12H14ClFN2/c1-15-6-5-10-9-4-3-8(14)7-11(9)16(2)12(10)13/h3-4,7,15H,5-6H2,1-2H3. The Labute approximate surface area is 99.0 Å². The van der Waals surface area contributed by atoms with Crippen molar-refractivity contribution in [1.82, 2.24) is 9.88 Å². The van der Waals surface area contributed by atoms with Gasteiger partial charge in [0.05, 0.1) is 5.52 Å².